The first-order valence-corrected chi connectivity index (χ1v) is 8.28. The Labute approximate surface area is 137 Å². The van der Waals surface area contributed by atoms with Gasteiger partial charge in [0.15, 0.2) is 5.78 Å². The van der Waals surface area contributed by atoms with Crippen molar-refractivity contribution >= 4 is 11.9 Å². The van der Waals surface area contributed by atoms with E-state index in [-0.39, 0.29) is 23.6 Å². The van der Waals surface area contributed by atoms with Crippen LogP contribution in [0.2, 0.25) is 0 Å². The number of hydrogen-bond donors (Lipinski definition) is 1. The van der Waals surface area contributed by atoms with E-state index in [1.165, 1.54) is 18.2 Å². The molecular formula is C19H26FNO2. The fourth-order valence-electron chi connectivity index (χ4n) is 2.58. The fourth-order valence-corrected chi connectivity index (χ4v) is 2.58. The fraction of sp³-hybridized carbons (Fsp3) is 0.526. The van der Waals surface area contributed by atoms with Gasteiger partial charge in [-0.1, -0.05) is 33.8 Å². The number of carbonyl (C=O) groups is 1. The van der Waals surface area contributed by atoms with Crippen LogP contribution in [0.15, 0.2) is 24.3 Å². The Balaban J connectivity index is 1.95. The summed E-state index contributed by atoms with van der Waals surface area (Å²) < 4.78 is 19.6. The Morgan fingerprint density at radius 2 is 1.96 bits per heavy atom. The molecule has 3 nitrogen and oxygen atoms in total. The second-order valence-electron chi connectivity index (χ2n) is 6.84. The molecule has 0 aromatic heterocycles. The predicted octanol–water partition coefficient (Wildman–Crippen LogP) is 3.97. The van der Waals surface area contributed by atoms with Crippen molar-refractivity contribution in [2.75, 3.05) is 0 Å². The zero-order valence-corrected chi connectivity index (χ0v) is 14.3. The zero-order valence-electron chi connectivity index (χ0n) is 14.3. The van der Waals surface area contributed by atoms with E-state index in [1.54, 1.807) is 12.1 Å². The maximum atomic E-state index is 13.7. The van der Waals surface area contributed by atoms with Gasteiger partial charge in [-0.05, 0) is 36.6 Å². The molecule has 0 spiro atoms. The van der Waals surface area contributed by atoms with E-state index < -0.39 is 0 Å². The minimum Gasteiger partial charge on any atom is -0.490 e. The van der Waals surface area contributed by atoms with Crippen molar-refractivity contribution in [1.82, 2.24) is 5.32 Å². The van der Waals surface area contributed by atoms with E-state index in [4.69, 9.17) is 4.74 Å². The number of nitrogens with one attached hydrogen (secondary N) is 1. The van der Waals surface area contributed by atoms with Gasteiger partial charge in [0.2, 0.25) is 0 Å². The van der Waals surface area contributed by atoms with Crippen LogP contribution >= 0.6 is 0 Å². The SMILES string of the molecule is CC(C)NC1CC(Oc2cc(F)cc(/C=C/C(=O)C(C)C)c2)C1. The summed E-state index contributed by atoms with van der Waals surface area (Å²) in [5.74, 6) is 0.138. The van der Waals surface area contributed by atoms with Gasteiger partial charge in [-0.2, -0.15) is 0 Å². The molecule has 0 amide bonds. The van der Waals surface area contributed by atoms with Gasteiger partial charge in [0.05, 0.1) is 0 Å². The molecule has 1 aromatic carbocycles. The van der Waals surface area contributed by atoms with Crippen LogP contribution in [0.4, 0.5) is 4.39 Å². The Bertz CT molecular complexity index is 575. The second kappa shape index (κ2) is 7.73. The maximum absolute atomic E-state index is 13.7. The number of benzene rings is 1. The Morgan fingerprint density at radius 3 is 2.57 bits per heavy atom. The molecular weight excluding hydrogens is 293 g/mol. The topological polar surface area (TPSA) is 38.3 Å². The highest BCUT2D eigenvalue weighted by Crippen LogP contribution is 2.27. The standard InChI is InChI=1S/C19H26FNO2/c1-12(2)19(22)6-5-14-7-15(20)9-17(8-14)23-18-10-16(11-18)21-13(3)4/h5-9,12-13,16,18,21H,10-11H2,1-4H3/b6-5+. The van der Waals surface area contributed by atoms with E-state index in [9.17, 15) is 9.18 Å². The highest BCUT2D eigenvalue weighted by molar-refractivity contribution is 5.94. The van der Waals surface area contributed by atoms with Gasteiger partial charge in [0.25, 0.3) is 0 Å². The van der Waals surface area contributed by atoms with Crippen molar-refractivity contribution in [3.05, 3.63) is 35.7 Å². The van der Waals surface area contributed by atoms with E-state index in [1.807, 2.05) is 13.8 Å². The Morgan fingerprint density at radius 1 is 1.26 bits per heavy atom. The summed E-state index contributed by atoms with van der Waals surface area (Å²) in [5, 5.41) is 3.46. The highest BCUT2D eigenvalue weighted by atomic mass is 19.1. The van der Waals surface area contributed by atoms with Gasteiger partial charge in [0, 0.05) is 24.1 Å². The molecule has 1 saturated carbocycles. The van der Waals surface area contributed by atoms with Crippen LogP contribution in [-0.4, -0.2) is 24.0 Å². The van der Waals surface area contributed by atoms with Gasteiger partial charge in [-0.3, -0.25) is 4.79 Å². The van der Waals surface area contributed by atoms with Crippen molar-refractivity contribution in [3.8, 4) is 5.75 Å². The molecule has 0 saturated heterocycles. The number of ketones is 1. The van der Waals surface area contributed by atoms with Crippen molar-refractivity contribution in [2.45, 2.75) is 58.7 Å². The molecule has 126 valence electrons. The van der Waals surface area contributed by atoms with Crippen molar-refractivity contribution < 1.29 is 13.9 Å². The smallest absolute Gasteiger partial charge is 0.158 e. The average molecular weight is 319 g/mol. The van der Waals surface area contributed by atoms with Crippen molar-refractivity contribution in [1.29, 1.82) is 0 Å². The number of carbonyl (C=O) groups excluding carboxylic acids is 1. The Kier molecular flexibility index (Phi) is 5.94. The lowest BCUT2D eigenvalue weighted by Crippen LogP contribution is -2.49. The molecule has 0 aliphatic heterocycles. The first kappa shape index (κ1) is 17.7. The third-order valence-electron chi connectivity index (χ3n) is 3.87. The number of ether oxygens (including phenoxy) is 1. The van der Waals surface area contributed by atoms with Crippen LogP contribution in [0.5, 0.6) is 5.75 Å². The normalized spacial score (nSPS) is 21.0. The summed E-state index contributed by atoms with van der Waals surface area (Å²) in [6.45, 7) is 7.92. The largest absolute Gasteiger partial charge is 0.490 e. The molecule has 1 N–H and O–H groups in total. The molecule has 1 aliphatic carbocycles. The van der Waals surface area contributed by atoms with Crippen molar-refractivity contribution in [2.24, 2.45) is 5.92 Å². The van der Waals surface area contributed by atoms with Crippen LogP contribution in [0.1, 0.15) is 46.1 Å². The molecule has 23 heavy (non-hydrogen) atoms. The lowest BCUT2D eigenvalue weighted by molar-refractivity contribution is -0.117. The summed E-state index contributed by atoms with van der Waals surface area (Å²) >= 11 is 0. The Hall–Kier alpha value is -1.68. The maximum Gasteiger partial charge on any atom is 0.158 e. The molecule has 0 unspecified atom stereocenters. The molecule has 2 rings (SSSR count). The third-order valence-corrected chi connectivity index (χ3v) is 3.87. The minimum atomic E-state index is -0.352. The molecule has 0 heterocycles. The lowest BCUT2D eigenvalue weighted by atomic mass is 9.88. The molecule has 0 bridgehead atoms. The molecule has 4 heteroatoms. The van der Waals surface area contributed by atoms with Crippen LogP contribution in [0.25, 0.3) is 6.08 Å². The summed E-state index contributed by atoms with van der Waals surface area (Å²) in [6, 6.07) is 5.52. The molecule has 0 radical (unpaired) electrons. The van der Waals surface area contributed by atoms with Crippen LogP contribution < -0.4 is 10.1 Å². The summed E-state index contributed by atoms with van der Waals surface area (Å²) in [5.41, 5.74) is 0.644. The molecule has 1 fully saturated rings. The second-order valence-corrected chi connectivity index (χ2v) is 6.84. The number of rotatable bonds is 7. The minimum absolute atomic E-state index is 0.0262. The number of hydrogen-bond acceptors (Lipinski definition) is 3. The zero-order chi connectivity index (χ0) is 17.0. The monoisotopic (exact) mass is 319 g/mol. The van der Waals surface area contributed by atoms with Crippen molar-refractivity contribution in [3.63, 3.8) is 0 Å². The first-order chi connectivity index (χ1) is 10.8. The van der Waals surface area contributed by atoms with Gasteiger partial charge < -0.3 is 10.1 Å². The van der Waals surface area contributed by atoms with Gasteiger partial charge in [-0.15, -0.1) is 0 Å². The summed E-state index contributed by atoms with van der Waals surface area (Å²) in [7, 11) is 0. The predicted molar refractivity (Wildman–Crippen MR) is 91.0 cm³/mol. The quantitative estimate of drug-likeness (QED) is 0.773. The van der Waals surface area contributed by atoms with E-state index in [0.29, 0.717) is 23.4 Å². The molecule has 1 aromatic rings. The highest BCUT2D eigenvalue weighted by Gasteiger charge is 2.31. The third kappa shape index (κ3) is 5.47. The summed E-state index contributed by atoms with van der Waals surface area (Å²) in [4.78, 5) is 11.6. The van der Waals surface area contributed by atoms with E-state index in [2.05, 4.69) is 19.2 Å². The van der Waals surface area contributed by atoms with E-state index >= 15 is 0 Å². The van der Waals surface area contributed by atoms with Crippen LogP contribution in [0, 0.1) is 11.7 Å². The van der Waals surface area contributed by atoms with Crippen LogP contribution in [-0.2, 0) is 4.79 Å². The van der Waals surface area contributed by atoms with Gasteiger partial charge in [0.1, 0.15) is 17.7 Å². The number of allylic oxidation sites excluding steroid dienone is 1. The molecule has 1 aliphatic rings. The number of halogens is 1. The lowest BCUT2D eigenvalue weighted by Gasteiger charge is -2.37. The first-order valence-electron chi connectivity index (χ1n) is 8.28. The van der Waals surface area contributed by atoms with Gasteiger partial charge in [-0.25, -0.2) is 4.39 Å². The van der Waals surface area contributed by atoms with Gasteiger partial charge >= 0.3 is 0 Å². The van der Waals surface area contributed by atoms with E-state index in [0.717, 1.165) is 12.8 Å². The molecule has 0 atom stereocenters. The summed E-state index contributed by atoms with van der Waals surface area (Å²) in [6.07, 6.45) is 5.14. The van der Waals surface area contributed by atoms with Crippen LogP contribution in [0.3, 0.4) is 0 Å². The average Bonchev–Trinajstić information content (AvgIpc) is 2.41.